The zero-order valence-electron chi connectivity index (χ0n) is 14.3. The summed E-state index contributed by atoms with van der Waals surface area (Å²) in [5.41, 5.74) is 0.636. The normalized spacial score (nSPS) is 16.4. The average Bonchev–Trinajstić information content (AvgIpc) is 2.60. The van der Waals surface area contributed by atoms with Crippen molar-refractivity contribution in [3.8, 4) is 0 Å². The van der Waals surface area contributed by atoms with E-state index in [1.165, 1.54) is 38.5 Å². The maximum atomic E-state index is 11.9. The minimum Gasteiger partial charge on any atom is -0.465 e. The van der Waals surface area contributed by atoms with Gasteiger partial charge in [0.2, 0.25) is 0 Å². The van der Waals surface area contributed by atoms with Crippen molar-refractivity contribution in [2.24, 2.45) is 5.92 Å². The molecule has 1 N–H and O–H groups in total. The van der Waals surface area contributed by atoms with Gasteiger partial charge in [-0.2, -0.15) is 0 Å². The number of nitro groups is 1. The summed E-state index contributed by atoms with van der Waals surface area (Å²) in [6.07, 6.45) is 3.83. The van der Waals surface area contributed by atoms with Gasteiger partial charge in [0.1, 0.15) is 0 Å². The first kappa shape index (κ1) is 18.2. The molecule has 7 heteroatoms. The molecule has 1 aliphatic rings. The van der Waals surface area contributed by atoms with E-state index in [9.17, 15) is 14.9 Å². The number of ether oxygens (including phenoxy) is 1. The lowest BCUT2D eigenvalue weighted by molar-refractivity contribution is -0.384. The summed E-state index contributed by atoms with van der Waals surface area (Å²) in [6.45, 7) is 6.15. The van der Waals surface area contributed by atoms with Crippen molar-refractivity contribution >= 4 is 17.3 Å². The highest BCUT2D eigenvalue weighted by molar-refractivity contribution is 5.96. The second-order valence-corrected chi connectivity index (χ2v) is 6.33. The van der Waals surface area contributed by atoms with E-state index in [2.05, 4.69) is 17.1 Å². The van der Waals surface area contributed by atoms with Crippen molar-refractivity contribution in [2.75, 3.05) is 38.6 Å². The zero-order valence-corrected chi connectivity index (χ0v) is 14.3. The summed E-state index contributed by atoms with van der Waals surface area (Å²) in [7, 11) is 1.27. The second kappa shape index (κ2) is 8.63. The number of methoxy groups -OCH3 is 1. The third-order valence-corrected chi connectivity index (χ3v) is 4.28. The highest BCUT2D eigenvalue weighted by atomic mass is 16.6. The van der Waals surface area contributed by atoms with Crippen molar-refractivity contribution in [1.29, 1.82) is 0 Å². The number of nitrogens with one attached hydrogen (secondary N) is 1. The molecule has 0 saturated carbocycles. The first-order valence-corrected chi connectivity index (χ1v) is 8.34. The minimum absolute atomic E-state index is 0.123. The molecule has 1 saturated heterocycles. The molecule has 0 aliphatic carbocycles. The monoisotopic (exact) mass is 335 g/mol. The Morgan fingerprint density at radius 3 is 2.71 bits per heavy atom. The van der Waals surface area contributed by atoms with Gasteiger partial charge in [0, 0.05) is 30.9 Å². The lowest BCUT2D eigenvalue weighted by Gasteiger charge is -2.29. The lowest BCUT2D eigenvalue weighted by Crippen LogP contribution is -2.35. The second-order valence-electron chi connectivity index (χ2n) is 6.33. The molecular formula is C17H25N3O4. The number of nitrogens with zero attached hydrogens (tertiary/aromatic N) is 2. The van der Waals surface area contributed by atoms with Crippen LogP contribution in [0.2, 0.25) is 0 Å². The number of anilines is 1. The van der Waals surface area contributed by atoms with E-state index in [0.717, 1.165) is 19.6 Å². The van der Waals surface area contributed by atoms with Crippen LogP contribution < -0.4 is 5.32 Å². The van der Waals surface area contributed by atoms with Crippen molar-refractivity contribution in [3.05, 3.63) is 33.9 Å². The number of nitro benzene ring substituents is 1. The number of esters is 1. The number of carbonyl (C=O) groups excluding carboxylic acids is 1. The van der Waals surface area contributed by atoms with E-state index in [4.69, 9.17) is 4.74 Å². The molecule has 0 bridgehead atoms. The molecule has 24 heavy (non-hydrogen) atoms. The van der Waals surface area contributed by atoms with Gasteiger partial charge in [0.15, 0.2) is 0 Å². The molecule has 0 aromatic heterocycles. The number of rotatable bonds is 7. The number of hydrogen-bond acceptors (Lipinski definition) is 6. The predicted octanol–water partition coefficient (Wildman–Crippen LogP) is 2.92. The SMILES string of the molecule is COC(=O)c1cc([N+](=O)[O-])ccc1NC[C@H](C)CN1CCCCC1. The van der Waals surface area contributed by atoms with E-state index < -0.39 is 10.9 Å². The first-order valence-electron chi connectivity index (χ1n) is 8.34. The molecule has 0 unspecified atom stereocenters. The van der Waals surface area contributed by atoms with Gasteiger partial charge in [-0.15, -0.1) is 0 Å². The number of carbonyl (C=O) groups is 1. The van der Waals surface area contributed by atoms with Crippen LogP contribution in [0, 0.1) is 16.0 Å². The highest BCUT2D eigenvalue weighted by Gasteiger charge is 2.18. The molecular weight excluding hydrogens is 310 g/mol. The zero-order chi connectivity index (χ0) is 17.5. The van der Waals surface area contributed by atoms with E-state index in [1.807, 2.05) is 0 Å². The van der Waals surface area contributed by atoms with Crippen molar-refractivity contribution in [2.45, 2.75) is 26.2 Å². The van der Waals surface area contributed by atoms with E-state index in [1.54, 1.807) is 6.07 Å². The third kappa shape index (κ3) is 4.92. The van der Waals surface area contributed by atoms with E-state index in [-0.39, 0.29) is 11.3 Å². The summed E-state index contributed by atoms with van der Waals surface area (Å²) in [4.78, 5) is 24.7. The van der Waals surface area contributed by atoms with Crippen LogP contribution in [0.15, 0.2) is 18.2 Å². The van der Waals surface area contributed by atoms with Gasteiger partial charge < -0.3 is 15.0 Å². The van der Waals surface area contributed by atoms with E-state index >= 15 is 0 Å². The summed E-state index contributed by atoms with van der Waals surface area (Å²) in [5.74, 6) is -0.173. The largest absolute Gasteiger partial charge is 0.465 e. The Morgan fingerprint density at radius 1 is 1.38 bits per heavy atom. The number of likely N-dealkylation sites (tertiary alicyclic amines) is 1. The molecule has 1 aromatic rings. The number of hydrogen-bond donors (Lipinski definition) is 1. The Morgan fingerprint density at radius 2 is 2.08 bits per heavy atom. The predicted molar refractivity (Wildman–Crippen MR) is 92.4 cm³/mol. The smallest absolute Gasteiger partial charge is 0.340 e. The first-order chi connectivity index (χ1) is 11.5. The summed E-state index contributed by atoms with van der Waals surface area (Å²) < 4.78 is 4.73. The van der Waals surface area contributed by atoms with Gasteiger partial charge in [-0.05, 0) is 37.9 Å². The van der Waals surface area contributed by atoms with Gasteiger partial charge in [0.25, 0.3) is 5.69 Å². The maximum Gasteiger partial charge on any atom is 0.340 e. The molecule has 0 radical (unpaired) electrons. The quantitative estimate of drug-likeness (QED) is 0.468. The fourth-order valence-corrected chi connectivity index (χ4v) is 3.01. The summed E-state index contributed by atoms with van der Waals surface area (Å²) in [6, 6.07) is 4.21. The van der Waals surface area contributed by atoms with Crippen LogP contribution in [0.1, 0.15) is 36.5 Å². The third-order valence-electron chi connectivity index (χ3n) is 4.28. The van der Waals surface area contributed by atoms with Crippen LogP contribution in [0.5, 0.6) is 0 Å². The van der Waals surface area contributed by atoms with Crippen LogP contribution in [0.3, 0.4) is 0 Å². The maximum absolute atomic E-state index is 11.9. The summed E-state index contributed by atoms with van der Waals surface area (Å²) in [5, 5.41) is 14.1. The molecule has 1 heterocycles. The Bertz CT molecular complexity index is 585. The molecule has 1 atom stereocenters. The van der Waals surface area contributed by atoms with Crippen LogP contribution in [-0.4, -0.2) is 49.1 Å². The van der Waals surface area contributed by atoms with Gasteiger partial charge in [-0.3, -0.25) is 10.1 Å². The van der Waals surface area contributed by atoms with E-state index in [0.29, 0.717) is 18.2 Å². The van der Waals surface area contributed by atoms with Crippen molar-refractivity contribution in [1.82, 2.24) is 4.90 Å². The van der Waals surface area contributed by atoms with Gasteiger partial charge in [-0.1, -0.05) is 13.3 Å². The molecule has 132 valence electrons. The van der Waals surface area contributed by atoms with Gasteiger partial charge in [-0.25, -0.2) is 4.79 Å². The molecule has 1 fully saturated rings. The van der Waals surface area contributed by atoms with Crippen molar-refractivity contribution in [3.63, 3.8) is 0 Å². The minimum atomic E-state index is -0.579. The van der Waals surface area contributed by atoms with Crippen LogP contribution in [0.4, 0.5) is 11.4 Å². The van der Waals surface area contributed by atoms with Gasteiger partial charge in [0.05, 0.1) is 17.6 Å². The molecule has 2 rings (SSSR count). The van der Waals surface area contributed by atoms with Crippen LogP contribution in [-0.2, 0) is 4.74 Å². The molecule has 7 nitrogen and oxygen atoms in total. The number of non-ortho nitro benzene ring substituents is 1. The Labute approximate surface area is 142 Å². The average molecular weight is 335 g/mol. The van der Waals surface area contributed by atoms with Crippen molar-refractivity contribution < 1.29 is 14.5 Å². The Balaban J connectivity index is 1.99. The van der Waals surface area contributed by atoms with Crippen LogP contribution in [0.25, 0.3) is 0 Å². The Kier molecular flexibility index (Phi) is 6.54. The molecule has 1 aliphatic heterocycles. The molecule has 0 spiro atoms. The summed E-state index contributed by atoms with van der Waals surface area (Å²) >= 11 is 0. The fraction of sp³-hybridized carbons (Fsp3) is 0.588. The lowest BCUT2D eigenvalue weighted by atomic mass is 10.1. The topological polar surface area (TPSA) is 84.7 Å². The molecule has 1 aromatic carbocycles. The Hall–Kier alpha value is -2.15. The number of piperidine rings is 1. The fourth-order valence-electron chi connectivity index (χ4n) is 3.01. The molecule has 0 amide bonds. The van der Waals surface area contributed by atoms with Crippen LogP contribution >= 0.6 is 0 Å². The van der Waals surface area contributed by atoms with Gasteiger partial charge >= 0.3 is 5.97 Å². The highest BCUT2D eigenvalue weighted by Crippen LogP contribution is 2.23. The standard InChI is InChI=1S/C17H25N3O4/c1-13(12-19-8-4-3-5-9-19)11-18-16-7-6-14(20(22)23)10-15(16)17(21)24-2/h6-7,10,13,18H,3-5,8-9,11-12H2,1-2H3/t13-/m0/s1. The number of benzene rings is 1.